The van der Waals surface area contributed by atoms with Crippen molar-refractivity contribution in [1.29, 1.82) is 0 Å². The Labute approximate surface area is 308 Å². The van der Waals surface area contributed by atoms with Crippen molar-refractivity contribution in [1.82, 2.24) is 19.9 Å². The van der Waals surface area contributed by atoms with Crippen molar-refractivity contribution in [2.45, 2.75) is 45.4 Å². The standard InChI is InChI=1S/C37H43F3N6O6S/c1-37(2,3)52-32(47)23-51-18-4-12-43-14-16-44(17-15-43)27-7-5-24(6-8-27)25-19-28-29(21-42-36(28)41-20-25)35(48)33-30(39)9-10-31(34(33)40)46(53(49)50)45-13-11-26(38)22-45/h5-10,19-21,26H,4,11-18,22-23H2,1-3H3,(H,41,42)(H,49,50)/t26-/m1/s1. The smallest absolute Gasteiger partial charge is 0.332 e. The molecule has 4 aromatic rings. The average molecular weight is 757 g/mol. The Morgan fingerprint density at radius 1 is 1.06 bits per heavy atom. The predicted octanol–water partition coefficient (Wildman–Crippen LogP) is 5.51. The molecule has 0 bridgehead atoms. The number of fused-ring (bicyclic) bond motifs is 1. The van der Waals surface area contributed by atoms with Gasteiger partial charge < -0.3 is 19.4 Å². The number of H-pyrrole nitrogens is 1. The largest absolute Gasteiger partial charge is 0.458 e. The number of piperazine rings is 1. The molecule has 2 saturated heterocycles. The molecule has 53 heavy (non-hydrogen) atoms. The van der Waals surface area contributed by atoms with Crippen molar-refractivity contribution in [3.8, 4) is 11.1 Å². The van der Waals surface area contributed by atoms with Crippen molar-refractivity contribution in [3.63, 3.8) is 0 Å². The highest BCUT2D eigenvalue weighted by atomic mass is 32.2. The van der Waals surface area contributed by atoms with Gasteiger partial charge in [0.15, 0.2) is 5.82 Å². The first-order valence-electron chi connectivity index (χ1n) is 17.5. The summed E-state index contributed by atoms with van der Waals surface area (Å²) in [5.41, 5.74) is 0.907. The number of anilines is 2. The van der Waals surface area contributed by atoms with Crippen molar-refractivity contribution in [3.05, 3.63) is 77.6 Å². The fraction of sp³-hybridized carbons (Fsp3) is 0.432. The monoisotopic (exact) mass is 756 g/mol. The number of hydrogen-bond acceptors (Lipinski definition) is 9. The Morgan fingerprint density at radius 3 is 2.45 bits per heavy atom. The molecule has 0 spiro atoms. The molecular formula is C37H43F3N6O6S. The van der Waals surface area contributed by atoms with Gasteiger partial charge in [-0.3, -0.25) is 14.2 Å². The van der Waals surface area contributed by atoms with Gasteiger partial charge in [-0.25, -0.2) is 32.2 Å². The van der Waals surface area contributed by atoms with Crippen LogP contribution >= 0.6 is 0 Å². The maximum atomic E-state index is 15.9. The predicted molar refractivity (Wildman–Crippen MR) is 196 cm³/mol. The van der Waals surface area contributed by atoms with E-state index in [-0.39, 0.29) is 37.6 Å². The number of ketones is 1. The second kappa shape index (κ2) is 16.3. The number of hydrogen-bond donors (Lipinski definition) is 2. The molecule has 2 aliphatic heterocycles. The summed E-state index contributed by atoms with van der Waals surface area (Å²) in [5, 5.41) is 1.50. The van der Waals surface area contributed by atoms with Gasteiger partial charge in [0.25, 0.3) is 11.3 Å². The first-order chi connectivity index (χ1) is 25.3. The van der Waals surface area contributed by atoms with Gasteiger partial charge in [-0.05, 0) is 69.5 Å². The molecule has 2 fully saturated rings. The fourth-order valence-electron chi connectivity index (χ4n) is 6.59. The highest BCUT2D eigenvalue weighted by Gasteiger charge is 2.34. The lowest BCUT2D eigenvalue weighted by Crippen LogP contribution is -2.46. The molecule has 12 nitrogen and oxygen atoms in total. The van der Waals surface area contributed by atoms with Crippen LogP contribution in [-0.4, -0.2) is 111 Å². The second-order valence-electron chi connectivity index (χ2n) is 14.1. The van der Waals surface area contributed by atoms with E-state index in [1.54, 1.807) is 12.3 Å². The number of nitrogens with zero attached hydrogens (tertiary/aromatic N) is 5. The molecule has 2 N–H and O–H groups in total. The maximum Gasteiger partial charge on any atom is 0.332 e. The van der Waals surface area contributed by atoms with Gasteiger partial charge in [0.2, 0.25) is 5.78 Å². The van der Waals surface area contributed by atoms with Crippen molar-refractivity contribution < 1.29 is 41.0 Å². The Morgan fingerprint density at radius 2 is 1.79 bits per heavy atom. The second-order valence-corrected chi connectivity index (χ2v) is 14.9. The minimum atomic E-state index is -2.81. The summed E-state index contributed by atoms with van der Waals surface area (Å²) < 4.78 is 78.5. The molecule has 16 heteroatoms. The summed E-state index contributed by atoms with van der Waals surface area (Å²) in [6.07, 6.45) is 2.57. The number of alkyl halides is 1. The zero-order valence-electron chi connectivity index (χ0n) is 29.8. The zero-order chi connectivity index (χ0) is 37.9. The first kappa shape index (κ1) is 38.4. The lowest BCUT2D eigenvalue weighted by atomic mass is 9.99. The molecule has 0 saturated carbocycles. The van der Waals surface area contributed by atoms with Crippen LogP contribution in [0.2, 0.25) is 0 Å². The Balaban J connectivity index is 1.10. The van der Waals surface area contributed by atoms with E-state index in [1.807, 2.05) is 45.0 Å². The van der Waals surface area contributed by atoms with Crippen LogP contribution in [0.25, 0.3) is 22.2 Å². The molecule has 4 heterocycles. The van der Waals surface area contributed by atoms with Crippen molar-refractivity contribution in [2.75, 3.05) is 68.3 Å². The number of benzene rings is 2. The van der Waals surface area contributed by atoms with Gasteiger partial charge >= 0.3 is 5.97 Å². The number of carbonyl (C=O) groups is 2. The molecule has 0 radical (unpaired) electrons. The van der Waals surface area contributed by atoms with E-state index in [0.29, 0.717) is 27.6 Å². The van der Waals surface area contributed by atoms with E-state index in [4.69, 9.17) is 9.47 Å². The number of carbonyl (C=O) groups excluding carboxylic acids is 2. The van der Waals surface area contributed by atoms with Crippen LogP contribution in [0.4, 0.5) is 24.5 Å². The lowest BCUT2D eigenvalue weighted by molar-refractivity contribution is -0.160. The van der Waals surface area contributed by atoms with Crippen LogP contribution in [-0.2, 0) is 25.5 Å². The Hall–Kier alpha value is -4.35. The molecule has 2 atom stereocenters. The summed E-state index contributed by atoms with van der Waals surface area (Å²) in [6, 6.07) is 11.5. The number of rotatable bonds is 13. The van der Waals surface area contributed by atoms with Crippen LogP contribution in [0.1, 0.15) is 49.5 Å². The minimum absolute atomic E-state index is 0.0324. The molecular weight excluding hydrogens is 714 g/mol. The highest BCUT2D eigenvalue weighted by Crippen LogP contribution is 2.33. The zero-order valence-corrected chi connectivity index (χ0v) is 30.6. The molecule has 6 rings (SSSR count). The van der Waals surface area contributed by atoms with Crippen LogP contribution in [0, 0.1) is 11.6 Å². The average Bonchev–Trinajstić information content (AvgIpc) is 3.74. The quantitative estimate of drug-likeness (QED) is 0.0780. The summed E-state index contributed by atoms with van der Waals surface area (Å²) in [4.78, 5) is 37.5. The van der Waals surface area contributed by atoms with Gasteiger partial charge in [-0.1, -0.05) is 12.1 Å². The van der Waals surface area contributed by atoms with Crippen LogP contribution in [0.3, 0.4) is 0 Å². The molecule has 284 valence electrons. The molecule has 2 aromatic heterocycles. The van der Waals surface area contributed by atoms with E-state index in [2.05, 4.69) is 19.8 Å². The van der Waals surface area contributed by atoms with E-state index in [9.17, 15) is 22.7 Å². The summed E-state index contributed by atoms with van der Waals surface area (Å²) in [7, 11) is 0. The number of nitrogens with one attached hydrogen (secondary N) is 1. The number of ether oxygens (including phenoxy) is 2. The molecule has 1 unspecified atom stereocenters. The van der Waals surface area contributed by atoms with Crippen molar-refractivity contribution in [2.24, 2.45) is 0 Å². The van der Waals surface area contributed by atoms with Gasteiger partial charge in [0, 0.05) is 80.5 Å². The molecule has 0 amide bonds. The van der Waals surface area contributed by atoms with E-state index in [0.717, 1.165) is 67.5 Å². The summed E-state index contributed by atoms with van der Waals surface area (Å²) >= 11 is -2.81. The maximum absolute atomic E-state index is 15.9. The Bertz CT molecular complexity index is 1960. The van der Waals surface area contributed by atoms with Gasteiger partial charge in [-0.2, -0.15) is 4.41 Å². The number of pyridine rings is 1. The number of halogens is 3. The van der Waals surface area contributed by atoms with Crippen LogP contribution < -0.4 is 9.31 Å². The van der Waals surface area contributed by atoms with Gasteiger partial charge in [-0.15, -0.1) is 0 Å². The van der Waals surface area contributed by atoms with Crippen LogP contribution in [0.5, 0.6) is 0 Å². The molecule has 2 aromatic carbocycles. The van der Waals surface area contributed by atoms with Crippen LogP contribution in [0.15, 0.2) is 54.9 Å². The SMILES string of the molecule is CC(C)(C)OC(=O)COCCCN1CCN(c2ccc(-c3cnc4[nH]cc(C(=O)c5c(F)ccc(N(N6CC[C@@H](F)C6)S(=O)O)c5F)c4c3)cc2)CC1. The topological polar surface area (TPSA) is 132 Å². The third-order valence-corrected chi connectivity index (χ3v) is 9.86. The van der Waals surface area contributed by atoms with E-state index in [1.165, 1.54) is 6.20 Å². The normalized spacial score (nSPS) is 17.7. The number of aromatic amines is 1. The third-order valence-electron chi connectivity index (χ3n) is 9.13. The Kier molecular flexibility index (Phi) is 11.8. The minimum Gasteiger partial charge on any atom is -0.458 e. The third kappa shape index (κ3) is 9.07. The lowest BCUT2D eigenvalue weighted by Gasteiger charge is -2.36. The van der Waals surface area contributed by atoms with E-state index < -0.39 is 51.7 Å². The summed E-state index contributed by atoms with van der Waals surface area (Å²) in [6.45, 7) is 10.0. The molecule has 2 aliphatic rings. The number of esters is 1. The number of aromatic nitrogens is 2. The first-order valence-corrected chi connectivity index (χ1v) is 18.5. The van der Waals surface area contributed by atoms with Gasteiger partial charge in [0.05, 0.1) is 12.1 Å². The highest BCUT2D eigenvalue weighted by molar-refractivity contribution is 7.80. The summed E-state index contributed by atoms with van der Waals surface area (Å²) in [5.74, 6) is -3.83. The van der Waals surface area contributed by atoms with Crippen molar-refractivity contribution >= 4 is 45.4 Å². The fourth-order valence-corrected chi connectivity index (χ4v) is 7.25. The number of hydrazine groups is 1. The van der Waals surface area contributed by atoms with Gasteiger partial charge in [0.1, 0.15) is 35.5 Å². The van der Waals surface area contributed by atoms with E-state index >= 15 is 8.78 Å². The molecule has 0 aliphatic carbocycles.